The predicted molar refractivity (Wildman–Crippen MR) is 81.9 cm³/mol. The van der Waals surface area contributed by atoms with Crippen LogP contribution in [0.3, 0.4) is 0 Å². The number of para-hydroxylation sites is 1. The van der Waals surface area contributed by atoms with E-state index in [2.05, 4.69) is 9.71 Å². The number of benzene rings is 1. The molecule has 2 atom stereocenters. The molecule has 0 bridgehead atoms. The number of sulfonamides is 1. The lowest BCUT2D eigenvalue weighted by Gasteiger charge is -2.22. The largest absolute Gasteiger partial charge is 0.481 e. The van der Waals surface area contributed by atoms with Gasteiger partial charge in [-0.1, -0.05) is 30.4 Å². The zero-order valence-corrected chi connectivity index (χ0v) is 12.5. The zero-order chi connectivity index (χ0) is 15.7. The van der Waals surface area contributed by atoms with Crippen molar-refractivity contribution in [1.29, 1.82) is 0 Å². The highest BCUT2D eigenvalue weighted by Crippen LogP contribution is 2.24. The second kappa shape index (κ2) is 5.58. The summed E-state index contributed by atoms with van der Waals surface area (Å²) in [7, 11) is -3.72. The van der Waals surface area contributed by atoms with Gasteiger partial charge in [0.15, 0.2) is 0 Å². The first-order valence-corrected chi connectivity index (χ1v) is 8.43. The number of hydrogen-bond acceptors (Lipinski definition) is 3. The third kappa shape index (κ3) is 2.77. The number of rotatable bonds is 4. The van der Waals surface area contributed by atoms with Crippen LogP contribution in [0.2, 0.25) is 0 Å². The number of aliphatic carboxylic acids is 1. The van der Waals surface area contributed by atoms with Crippen molar-refractivity contribution >= 4 is 26.9 Å². The van der Waals surface area contributed by atoms with Gasteiger partial charge in [-0.05, 0) is 18.9 Å². The molecule has 0 unspecified atom stereocenters. The molecule has 2 aromatic rings. The van der Waals surface area contributed by atoms with E-state index in [4.69, 9.17) is 5.11 Å². The molecule has 1 aliphatic carbocycles. The van der Waals surface area contributed by atoms with Crippen LogP contribution in [0.5, 0.6) is 0 Å². The number of aromatic amines is 1. The Labute approximate surface area is 127 Å². The number of allylic oxidation sites excluding steroid dienone is 1. The van der Waals surface area contributed by atoms with E-state index in [1.807, 2.05) is 6.07 Å². The van der Waals surface area contributed by atoms with E-state index in [0.29, 0.717) is 11.8 Å². The SMILES string of the molecule is O=C(O)[C@@H]1CC=C[C@@H](NS(=O)(=O)c2c[nH]c3ccccc23)C1. The van der Waals surface area contributed by atoms with Crippen LogP contribution in [0.15, 0.2) is 47.5 Å². The Kier molecular flexibility index (Phi) is 3.76. The Morgan fingerprint density at radius 1 is 1.32 bits per heavy atom. The van der Waals surface area contributed by atoms with Gasteiger partial charge in [0.25, 0.3) is 0 Å². The molecule has 0 spiro atoms. The monoisotopic (exact) mass is 320 g/mol. The van der Waals surface area contributed by atoms with Crippen LogP contribution in [-0.2, 0) is 14.8 Å². The minimum Gasteiger partial charge on any atom is -0.481 e. The van der Waals surface area contributed by atoms with Crippen LogP contribution in [0.1, 0.15) is 12.8 Å². The Bertz CT molecular complexity index is 838. The lowest BCUT2D eigenvalue weighted by Crippen LogP contribution is -2.37. The molecule has 0 aliphatic heterocycles. The maximum absolute atomic E-state index is 12.5. The molecule has 0 radical (unpaired) electrons. The minimum atomic E-state index is -3.72. The van der Waals surface area contributed by atoms with Gasteiger partial charge in [-0.2, -0.15) is 0 Å². The number of fused-ring (bicyclic) bond motifs is 1. The summed E-state index contributed by atoms with van der Waals surface area (Å²) < 4.78 is 27.7. The average molecular weight is 320 g/mol. The van der Waals surface area contributed by atoms with Crippen molar-refractivity contribution < 1.29 is 18.3 Å². The first-order valence-electron chi connectivity index (χ1n) is 6.95. The Morgan fingerprint density at radius 2 is 2.09 bits per heavy atom. The molecule has 0 amide bonds. The summed E-state index contributed by atoms with van der Waals surface area (Å²) in [6.45, 7) is 0. The van der Waals surface area contributed by atoms with Crippen LogP contribution < -0.4 is 4.72 Å². The number of carbonyl (C=O) groups is 1. The molecular weight excluding hydrogens is 304 g/mol. The molecule has 1 aromatic carbocycles. The second-order valence-electron chi connectivity index (χ2n) is 5.36. The van der Waals surface area contributed by atoms with Crippen LogP contribution >= 0.6 is 0 Å². The van der Waals surface area contributed by atoms with Gasteiger partial charge < -0.3 is 10.1 Å². The maximum Gasteiger partial charge on any atom is 0.306 e. The number of aromatic nitrogens is 1. The standard InChI is InChI=1S/C15H16N2O4S/c18-15(19)10-4-3-5-11(8-10)17-22(20,21)14-9-16-13-7-2-1-6-12(13)14/h1-3,5-7,9-11,16-17H,4,8H2,(H,18,19)/t10-,11-/m1/s1. The third-order valence-corrected chi connectivity index (χ3v) is 5.35. The van der Waals surface area contributed by atoms with E-state index in [1.54, 1.807) is 30.4 Å². The van der Waals surface area contributed by atoms with Crippen molar-refractivity contribution in [1.82, 2.24) is 9.71 Å². The molecule has 116 valence electrons. The van der Waals surface area contributed by atoms with Gasteiger partial charge in [0.1, 0.15) is 4.90 Å². The van der Waals surface area contributed by atoms with Gasteiger partial charge in [-0.25, -0.2) is 13.1 Å². The van der Waals surface area contributed by atoms with Gasteiger partial charge >= 0.3 is 5.97 Å². The van der Waals surface area contributed by atoms with E-state index in [-0.39, 0.29) is 11.3 Å². The molecule has 0 saturated carbocycles. The average Bonchev–Trinajstić information content (AvgIpc) is 2.91. The second-order valence-corrected chi connectivity index (χ2v) is 7.04. The number of hydrogen-bond donors (Lipinski definition) is 3. The van der Waals surface area contributed by atoms with Gasteiger partial charge in [0, 0.05) is 23.1 Å². The normalized spacial score (nSPS) is 22.0. The van der Waals surface area contributed by atoms with E-state index in [9.17, 15) is 13.2 Å². The van der Waals surface area contributed by atoms with Crippen molar-refractivity contribution in [3.63, 3.8) is 0 Å². The number of carboxylic acid groups (broad SMARTS) is 1. The molecule has 6 nitrogen and oxygen atoms in total. The van der Waals surface area contributed by atoms with Crippen molar-refractivity contribution in [3.8, 4) is 0 Å². The summed E-state index contributed by atoms with van der Waals surface area (Å²) >= 11 is 0. The predicted octanol–water partition coefficient (Wildman–Crippen LogP) is 1.87. The molecule has 1 heterocycles. The van der Waals surface area contributed by atoms with Crippen LogP contribution in [0.25, 0.3) is 10.9 Å². The molecule has 7 heteroatoms. The fraction of sp³-hybridized carbons (Fsp3) is 0.267. The molecule has 3 rings (SSSR count). The van der Waals surface area contributed by atoms with Gasteiger partial charge in [0.2, 0.25) is 10.0 Å². The van der Waals surface area contributed by atoms with Crippen LogP contribution in [0.4, 0.5) is 0 Å². The van der Waals surface area contributed by atoms with Crippen molar-refractivity contribution in [2.45, 2.75) is 23.8 Å². The number of nitrogens with one attached hydrogen (secondary N) is 2. The summed E-state index contributed by atoms with van der Waals surface area (Å²) in [5.74, 6) is -1.46. The fourth-order valence-electron chi connectivity index (χ4n) is 2.71. The lowest BCUT2D eigenvalue weighted by atomic mass is 9.92. The van der Waals surface area contributed by atoms with Crippen LogP contribution in [0, 0.1) is 5.92 Å². The molecule has 3 N–H and O–H groups in total. The van der Waals surface area contributed by atoms with E-state index in [0.717, 1.165) is 5.52 Å². The Morgan fingerprint density at radius 3 is 2.86 bits per heavy atom. The molecule has 0 saturated heterocycles. The number of H-pyrrole nitrogens is 1. The van der Waals surface area contributed by atoms with Crippen LogP contribution in [-0.4, -0.2) is 30.5 Å². The topological polar surface area (TPSA) is 99.3 Å². The molecule has 0 fully saturated rings. The highest BCUT2D eigenvalue weighted by atomic mass is 32.2. The Hall–Kier alpha value is -2.12. The maximum atomic E-state index is 12.5. The van der Waals surface area contributed by atoms with Gasteiger partial charge in [-0.15, -0.1) is 0 Å². The quantitative estimate of drug-likeness (QED) is 0.749. The fourth-order valence-corrected chi connectivity index (χ4v) is 4.09. The van der Waals surface area contributed by atoms with Gasteiger partial charge in [0.05, 0.1) is 5.92 Å². The van der Waals surface area contributed by atoms with E-state index in [1.165, 1.54) is 6.20 Å². The molecule has 1 aromatic heterocycles. The summed E-state index contributed by atoms with van der Waals surface area (Å²) in [6.07, 6.45) is 5.57. The zero-order valence-electron chi connectivity index (χ0n) is 11.7. The smallest absolute Gasteiger partial charge is 0.306 e. The first-order chi connectivity index (χ1) is 10.5. The summed E-state index contributed by atoms with van der Waals surface area (Å²) in [5, 5.41) is 9.68. The van der Waals surface area contributed by atoms with E-state index >= 15 is 0 Å². The minimum absolute atomic E-state index is 0.175. The number of carboxylic acids is 1. The highest BCUT2D eigenvalue weighted by molar-refractivity contribution is 7.89. The first kappa shape index (κ1) is 14.8. The summed E-state index contributed by atoms with van der Waals surface area (Å²) in [4.78, 5) is 14.2. The lowest BCUT2D eigenvalue weighted by molar-refractivity contribution is -0.142. The Balaban J connectivity index is 1.86. The van der Waals surface area contributed by atoms with Crippen molar-refractivity contribution in [3.05, 3.63) is 42.6 Å². The molecule has 22 heavy (non-hydrogen) atoms. The highest BCUT2D eigenvalue weighted by Gasteiger charge is 2.28. The molecular formula is C15H16N2O4S. The summed E-state index contributed by atoms with van der Waals surface area (Å²) in [5.41, 5.74) is 0.741. The van der Waals surface area contributed by atoms with E-state index < -0.39 is 28.0 Å². The van der Waals surface area contributed by atoms with Gasteiger partial charge in [-0.3, -0.25) is 4.79 Å². The third-order valence-electron chi connectivity index (χ3n) is 3.82. The van der Waals surface area contributed by atoms with Crippen molar-refractivity contribution in [2.75, 3.05) is 0 Å². The summed E-state index contributed by atoms with van der Waals surface area (Å²) in [6, 6.07) is 6.63. The van der Waals surface area contributed by atoms with Crippen molar-refractivity contribution in [2.24, 2.45) is 5.92 Å². The molecule has 1 aliphatic rings.